The first-order valence-electron chi connectivity index (χ1n) is 9.27. The number of aryl methyl sites for hydroxylation is 1. The number of nitrogens with zero attached hydrogens (tertiary/aromatic N) is 3. The van der Waals surface area contributed by atoms with Gasteiger partial charge >= 0.3 is 0 Å². The Morgan fingerprint density at radius 3 is 2.48 bits per heavy atom. The molecule has 3 rings (SSSR count). The van der Waals surface area contributed by atoms with Gasteiger partial charge in [0.05, 0.1) is 10.6 Å². The second kappa shape index (κ2) is 8.57. The Bertz CT molecular complexity index is 803. The fourth-order valence-electron chi connectivity index (χ4n) is 3.43. The van der Waals surface area contributed by atoms with E-state index >= 15 is 0 Å². The standard InChI is InChI=1S/C20H26ClN5O/c1-13-12-22-20(25-18(13)26(2)3)24-15-10-8-14(9-11-15)23-19(27)16-6-4-5-7-17(16)21/h4-7,12,14-15H,8-11H2,1-3H3,(H,23,27)(H,22,24,25). The highest BCUT2D eigenvalue weighted by Gasteiger charge is 2.24. The topological polar surface area (TPSA) is 70.1 Å². The van der Waals surface area contributed by atoms with Gasteiger partial charge in [0.2, 0.25) is 5.95 Å². The highest BCUT2D eigenvalue weighted by molar-refractivity contribution is 6.33. The van der Waals surface area contributed by atoms with Crippen molar-refractivity contribution in [1.29, 1.82) is 0 Å². The maximum absolute atomic E-state index is 12.4. The van der Waals surface area contributed by atoms with Crippen LogP contribution in [0.3, 0.4) is 0 Å². The monoisotopic (exact) mass is 387 g/mol. The lowest BCUT2D eigenvalue weighted by Gasteiger charge is -2.30. The molecular formula is C20H26ClN5O. The number of rotatable bonds is 5. The van der Waals surface area contributed by atoms with Crippen molar-refractivity contribution < 1.29 is 4.79 Å². The van der Waals surface area contributed by atoms with Crippen LogP contribution in [0.5, 0.6) is 0 Å². The predicted octanol–water partition coefficient (Wildman–Crippen LogP) is 3.66. The van der Waals surface area contributed by atoms with Crippen LogP contribution in [0.15, 0.2) is 30.5 Å². The minimum atomic E-state index is -0.102. The molecule has 0 bridgehead atoms. The van der Waals surface area contributed by atoms with E-state index in [1.165, 1.54) is 0 Å². The number of anilines is 2. The summed E-state index contributed by atoms with van der Waals surface area (Å²) >= 11 is 6.11. The molecule has 1 aliphatic carbocycles. The minimum absolute atomic E-state index is 0.102. The Morgan fingerprint density at radius 2 is 1.81 bits per heavy atom. The molecule has 0 saturated heterocycles. The summed E-state index contributed by atoms with van der Waals surface area (Å²) in [5.74, 6) is 1.48. The lowest BCUT2D eigenvalue weighted by molar-refractivity contribution is 0.0926. The fraction of sp³-hybridized carbons (Fsp3) is 0.450. The van der Waals surface area contributed by atoms with Gasteiger partial charge in [-0.2, -0.15) is 4.98 Å². The molecule has 2 aromatic rings. The average molecular weight is 388 g/mol. The van der Waals surface area contributed by atoms with E-state index in [0.29, 0.717) is 22.6 Å². The number of hydrogen-bond acceptors (Lipinski definition) is 5. The Hall–Kier alpha value is -2.34. The van der Waals surface area contributed by atoms with Crippen LogP contribution >= 0.6 is 11.6 Å². The maximum atomic E-state index is 12.4. The van der Waals surface area contributed by atoms with E-state index in [1.807, 2.05) is 44.2 Å². The summed E-state index contributed by atoms with van der Waals surface area (Å²) in [6, 6.07) is 7.62. The van der Waals surface area contributed by atoms with Crippen molar-refractivity contribution in [2.45, 2.75) is 44.7 Å². The zero-order valence-electron chi connectivity index (χ0n) is 16.0. The van der Waals surface area contributed by atoms with Gasteiger partial charge in [-0.1, -0.05) is 23.7 Å². The van der Waals surface area contributed by atoms with Gasteiger partial charge in [-0.15, -0.1) is 0 Å². The molecule has 1 fully saturated rings. The first-order chi connectivity index (χ1) is 12.9. The number of aromatic nitrogens is 2. The summed E-state index contributed by atoms with van der Waals surface area (Å²) in [7, 11) is 3.96. The SMILES string of the molecule is Cc1cnc(NC2CCC(NC(=O)c3ccccc3Cl)CC2)nc1N(C)C. The van der Waals surface area contributed by atoms with Crippen LogP contribution in [-0.2, 0) is 0 Å². The third-order valence-corrected chi connectivity index (χ3v) is 5.21. The predicted molar refractivity (Wildman–Crippen MR) is 110 cm³/mol. The van der Waals surface area contributed by atoms with Gasteiger partial charge in [0.1, 0.15) is 5.82 Å². The number of hydrogen-bond donors (Lipinski definition) is 2. The largest absolute Gasteiger partial charge is 0.362 e. The number of halogens is 1. The van der Waals surface area contributed by atoms with Gasteiger partial charge in [-0.25, -0.2) is 4.98 Å². The van der Waals surface area contributed by atoms with Crippen LogP contribution < -0.4 is 15.5 Å². The van der Waals surface area contributed by atoms with Crippen molar-refractivity contribution in [2.75, 3.05) is 24.3 Å². The number of amides is 1. The van der Waals surface area contributed by atoms with Gasteiger partial charge < -0.3 is 15.5 Å². The highest BCUT2D eigenvalue weighted by Crippen LogP contribution is 2.23. The maximum Gasteiger partial charge on any atom is 0.253 e. The molecule has 7 heteroatoms. The van der Waals surface area contributed by atoms with E-state index in [2.05, 4.69) is 20.6 Å². The van der Waals surface area contributed by atoms with Gasteiger partial charge in [-0.05, 0) is 44.7 Å². The summed E-state index contributed by atoms with van der Waals surface area (Å²) in [5, 5.41) is 7.02. The van der Waals surface area contributed by atoms with Crippen molar-refractivity contribution in [1.82, 2.24) is 15.3 Å². The van der Waals surface area contributed by atoms with E-state index in [4.69, 9.17) is 11.6 Å². The van der Waals surface area contributed by atoms with E-state index in [-0.39, 0.29) is 11.9 Å². The summed E-state index contributed by atoms with van der Waals surface area (Å²) < 4.78 is 0. The molecule has 1 amide bonds. The van der Waals surface area contributed by atoms with E-state index in [9.17, 15) is 4.79 Å². The van der Waals surface area contributed by atoms with E-state index in [0.717, 1.165) is 37.1 Å². The zero-order valence-corrected chi connectivity index (χ0v) is 16.8. The molecule has 1 aromatic carbocycles. The second-order valence-corrected chi connectivity index (χ2v) is 7.65. The van der Waals surface area contributed by atoms with Crippen LogP contribution in [0.25, 0.3) is 0 Å². The average Bonchev–Trinajstić information content (AvgIpc) is 2.65. The molecule has 1 aliphatic rings. The quantitative estimate of drug-likeness (QED) is 0.819. The molecule has 0 radical (unpaired) electrons. The second-order valence-electron chi connectivity index (χ2n) is 7.24. The summed E-state index contributed by atoms with van der Waals surface area (Å²) in [6.45, 7) is 2.01. The van der Waals surface area contributed by atoms with Crippen LogP contribution in [0, 0.1) is 6.92 Å². The van der Waals surface area contributed by atoms with Crippen LogP contribution in [0.1, 0.15) is 41.6 Å². The molecule has 6 nitrogen and oxygen atoms in total. The van der Waals surface area contributed by atoms with Gasteiger partial charge in [-0.3, -0.25) is 4.79 Å². The van der Waals surface area contributed by atoms with Crippen LogP contribution in [0.4, 0.5) is 11.8 Å². The normalized spacial score (nSPS) is 19.4. The molecular weight excluding hydrogens is 362 g/mol. The summed E-state index contributed by atoms with van der Waals surface area (Å²) in [4.78, 5) is 23.4. The Morgan fingerprint density at radius 1 is 1.15 bits per heavy atom. The number of carbonyl (C=O) groups is 1. The van der Waals surface area contributed by atoms with E-state index < -0.39 is 0 Å². The summed E-state index contributed by atoms with van der Waals surface area (Å²) in [5.41, 5.74) is 1.58. The molecule has 0 unspecified atom stereocenters. The first-order valence-corrected chi connectivity index (χ1v) is 9.64. The molecule has 27 heavy (non-hydrogen) atoms. The molecule has 144 valence electrons. The van der Waals surface area contributed by atoms with E-state index in [1.54, 1.807) is 12.1 Å². The Balaban J connectivity index is 1.53. The first kappa shape index (κ1) is 19.4. The summed E-state index contributed by atoms with van der Waals surface area (Å²) in [6.07, 6.45) is 5.60. The minimum Gasteiger partial charge on any atom is -0.362 e. The smallest absolute Gasteiger partial charge is 0.253 e. The molecule has 0 atom stereocenters. The van der Waals surface area contributed by atoms with Crippen molar-refractivity contribution >= 4 is 29.3 Å². The van der Waals surface area contributed by atoms with Crippen LogP contribution in [-0.4, -0.2) is 42.1 Å². The molecule has 0 spiro atoms. The lowest BCUT2D eigenvalue weighted by Crippen LogP contribution is -2.40. The number of nitrogens with one attached hydrogen (secondary N) is 2. The number of carbonyl (C=O) groups excluding carboxylic acids is 1. The van der Waals surface area contributed by atoms with Crippen molar-refractivity contribution in [3.63, 3.8) is 0 Å². The lowest BCUT2D eigenvalue weighted by atomic mass is 9.91. The Kier molecular flexibility index (Phi) is 6.16. The molecule has 0 aliphatic heterocycles. The molecule has 1 aromatic heterocycles. The number of benzene rings is 1. The molecule has 1 saturated carbocycles. The van der Waals surface area contributed by atoms with Crippen molar-refractivity contribution in [3.05, 3.63) is 46.6 Å². The van der Waals surface area contributed by atoms with Crippen LogP contribution in [0.2, 0.25) is 5.02 Å². The van der Waals surface area contributed by atoms with Gasteiger partial charge in [0.25, 0.3) is 5.91 Å². The Labute approximate surface area is 165 Å². The molecule has 2 N–H and O–H groups in total. The van der Waals surface area contributed by atoms with Crippen molar-refractivity contribution in [2.24, 2.45) is 0 Å². The zero-order chi connectivity index (χ0) is 19.4. The molecule has 1 heterocycles. The fourth-order valence-corrected chi connectivity index (χ4v) is 3.65. The van der Waals surface area contributed by atoms with Crippen molar-refractivity contribution in [3.8, 4) is 0 Å². The van der Waals surface area contributed by atoms with Gasteiger partial charge in [0.15, 0.2) is 0 Å². The third-order valence-electron chi connectivity index (χ3n) is 4.88. The third kappa shape index (κ3) is 4.89. The van der Waals surface area contributed by atoms with Gasteiger partial charge in [0, 0.05) is 37.9 Å². The highest BCUT2D eigenvalue weighted by atomic mass is 35.5.